The van der Waals surface area contributed by atoms with Crippen LogP contribution < -0.4 is 5.56 Å². The van der Waals surface area contributed by atoms with Gasteiger partial charge in [0.15, 0.2) is 14.7 Å². The normalized spacial score (nSPS) is 14.4. The van der Waals surface area contributed by atoms with Crippen molar-refractivity contribution in [2.24, 2.45) is 0 Å². The number of carbonyl (C=O) groups is 1. The Hall–Kier alpha value is -1.59. The van der Waals surface area contributed by atoms with Gasteiger partial charge in [0.25, 0.3) is 5.56 Å². The number of aromatic amines is 1. The Bertz CT molecular complexity index is 976. The molecule has 24 heavy (non-hydrogen) atoms. The van der Waals surface area contributed by atoms with Crippen LogP contribution in [0, 0.1) is 0 Å². The Morgan fingerprint density at radius 1 is 1.46 bits per heavy atom. The predicted molar refractivity (Wildman–Crippen MR) is 93.5 cm³/mol. The largest absolute Gasteiger partial charge is 0.301 e. The monoisotopic (exact) mass is 426 g/mol. The molecule has 0 aromatic carbocycles. The van der Waals surface area contributed by atoms with Crippen LogP contribution in [0.4, 0.5) is 0 Å². The summed E-state index contributed by atoms with van der Waals surface area (Å²) in [5.74, 6) is 0.213. The minimum absolute atomic E-state index is 0.00194. The molecule has 1 aliphatic carbocycles. The van der Waals surface area contributed by atoms with Crippen molar-refractivity contribution in [1.82, 2.24) is 29.9 Å². The van der Waals surface area contributed by atoms with Crippen LogP contribution in [-0.2, 0) is 11.2 Å². The molecule has 3 aromatic heterocycles. The number of halogens is 1. The Kier molecular flexibility index (Phi) is 4.22. The van der Waals surface area contributed by atoms with Crippen molar-refractivity contribution in [2.75, 3.05) is 5.75 Å². The molecule has 3 aromatic rings. The van der Waals surface area contributed by atoms with Crippen LogP contribution in [-0.4, -0.2) is 41.5 Å². The van der Waals surface area contributed by atoms with E-state index in [2.05, 4.69) is 41.2 Å². The second kappa shape index (κ2) is 6.37. The molecule has 0 unspecified atom stereocenters. The molecule has 1 aliphatic rings. The van der Waals surface area contributed by atoms with Crippen molar-refractivity contribution in [3.63, 3.8) is 0 Å². The number of fused-ring (bicyclic) bond motifs is 1. The number of carbonyl (C=O) groups excluding carboxylic acids is 1. The van der Waals surface area contributed by atoms with Crippen LogP contribution in [0.2, 0.25) is 0 Å². The van der Waals surface area contributed by atoms with E-state index < -0.39 is 0 Å². The lowest BCUT2D eigenvalue weighted by Gasteiger charge is -2.02. The van der Waals surface area contributed by atoms with E-state index in [4.69, 9.17) is 0 Å². The van der Waals surface area contributed by atoms with E-state index in [0.717, 1.165) is 12.8 Å². The zero-order valence-electron chi connectivity index (χ0n) is 12.2. The first-order valence-electron chi connectivity index (χ1n) is 7.20. The summed E-state index contributed by atoms with van der Waals surface area (Å²) in [6.45, 7) is 0. The molecule has 1 N–H and O–H groups in total. The Balaban J connectivity index is 1.49. The Morgan fingerprint density at radius 3 is 3.00 bits per heavy atom. The summed E-state index contributed by atoms with van der Waals surface area (Å²) >= 11 is 5.77. The zero-order valence-corrected chi connectivity index (χ0v) is 15.4. The fraction of sp³-hybridized carbons (Fsp3) is 0.385. The lowest BCUT2D eigenvalue weighted by Crippen LogP contribution is -2.12. The lowest BCUT2D eigenvalue weighted by atomic mass is 10.3. The number of hydrogen-bond acceptors (Lipinski definition) is 8. The summed E-state index contributed by atoms with van der Waals surface area (Å²) in [5, 5.41) is 13.6. The average Bonchev–Trinajstić information content (AvgIpc) is 3.17. The van der Waals surface area contributed by atoms with Crippen molar-refractivity contribution >= 4 is 55.8 Å². The van der Waals surface area contributed by atoms with Crippen LogP contribution >= 0.6 is 39.0 Å². The maximum Gasteiger partial charge on any atom is 0.262 e. The van der Waals surface area contributed by atoms with E-state index in [1.54, 1.807) is 10.9 Å². The quantitative estimate of drug-likeness (QED) is 0.474. The van der Waals surface area contributed by atoms with E-state index in [9.17, 15) is 9.59 Å². The van der Waals surface area contributed by atoms with Gasteiger partial charge in [-0.15, -0.1) is 10.2 Å². The molecule has 0 amide bonds. The minimum Gasteiger partial charge on any atom is -0.301 e. The van der Waals surface area contributed by atoms with Gasteiger partial charge in [-0.2, -0.15) is 5.10 Å². The van der Waals surface area contributed by atoms with Crippen LogP contribution in [0.25, 0.3) is 11.0 Å². The van der Waals surface area contributed by atoms with Crippen molar-refractivity contribution in [2.45, 2.75) is 30.5 Å². The van der Waals surface area contributed by atoms with E-state index in [-0.39, 0.29) is 23.5 Å². The van der Waals surface area contributed by atoms with Gasteiger partial charge in [0.2, 0.25) is 0 Å². The third-order valence-corrected chi connectivity index (χ3v) is 5.78. The smallest absolute Gasteiger partial charge is 0.262 e. The molecule has 3 heterocycles. The van der Waals surface area contributed by atoms with Gasteiger partial charge in [-0.3, -0.25) is 9.59 Å². The Morgan fingerprint density at radius 2 is 2.29 bits per heavy atom. The van der Waals surface area contributed by atoms with Gasteiger partial charge in [0.05, 0.1) is 24.4 Å². The number of rotatable bonds is 6. The first kappa shape index (κ1) is 15.9. The molecule has 0 bridgehead atoms. The summed E-state index contributed by atoms with van der Waals surface area (Å²) in [7, 11) is 0. The second-order valence-corrected chi connectivity index (χ2v) is 8.68. The van der Waals surface area contributed by atoms with Crippen LogP contribution in [0.5, 0.6) is 0 Å². The molecule has 0 radical (unpaired) electrons. The third-order valence-electron chi connectivity index (χ3n) is 3.49. The van der Waals surface area contributed by atoms with Crippen LogP contribution in [0.1, 0.15) is 23.9 Å². The summed E-state index contributed by atoms with van der Waals surface area (Å²) in [5.41, 5.74) is 0.360. The molecule has 11 heteroatoms. The SMILES string of the molecule is O=C(CSc1nc2c(cnn2C2CC2)c(=O)[nH]1)Cc1nnc(Br)s1. The molecule has 1 fully saturated rings. The molecular formula is C13H11BrN6O2S2. The molecule has 4 rings (SSSR count). The number of H-pyrrole nitrogens is 1. The predicted octanol–water partition coefficient (Wildman–Crippen LogP) is 1.97. The van der Waals surface area contributed by atoms with E-state index in [1.807, 2.05) is 0 Å². The number of nitrogens with one attached hydrogen (secondary N) is 1. The van der Waals surface area contributed by atoms with Gasteiger partial charge in [-0.25, -0.2) is 9.67 Å². The van der Waals surface area contributed by atoms with Crippen LogP contribution in [0.15, 0.2) is 20.1 Å². The average molecular weight is 427 g/mol. The maximum absolute atomic E-state index is 12.1. The first-order valence-corrected chi connectivity index (χ1v) is 9.79. The number of ketones is 1. The highest BCUT2D eigenvalue weighted by molar-refractivity contribution is 9.11. The van der Waals surface area contributed by atoms with Gasteiger partial charge in [0, 0.05) is 0 Å². The highest BCUT2D eigenvalue weighted by Gasteiger charge is 2.27. The van der Waals surface area contributed by atoms with E-state index in [1.165, 1.54) is 23.1 Å². The molecule has 0 saturated heterocycles. The van der Waals surface area contributed by atoms with Crippen molar-refractivity contribution in [3.05, 3.63) is 25.5 Å². The standard InChI is InChI=1S/C13H11BrN6O2S2/c14-12-19-18-9(24-12)3-7(21)5-23-13-16-10-8(11(22)17-13)4-15-20(10)6-1-2-6/h4,6H,1-3,5H2,(H,16,17,22). The number of hydrogen-bond donors (Lipinski definition) is 1. The molecule has 8 nitrogen and oxygen atoms in total. The molecule has 0 atom stereocenters. The molecular weight excluding hydrogens is 416 g/mol. The van der Waals surface area contributed by atoms with E-state index >= 15 is 0 Å². The van der Waals surface area contributed by atoms with E-state index in [0.29, 0.717) is 31.2 Å². The molecule has 0 aliphatic heterocycles. The summed E-state index contributed by atoms with van der Waals surface area (Å²) in [4.78, 5) is 31.3. The Labute approximate surface area is 152 Å². The van der Waals surface area contributed by atoms with Gasteiger partial charge in [-0.05, 0) is 28.8 Å². The second-order valence-electron chi connectivity index (χ2n) is 5.38. The van der Waals surface area contributed by atoms with Gasteiger partial charge in [0.1, 0.15) is 16.2 Å². The topological polar surface area (TPSA) is 106 Å². The lowest BCUT2D eigenvalue weighted by molar-refractivity contribution is -0.116. The highest BCUT2D eigenvalue weighted by Crippen LogP contribution is 2.35. The number of Topliss-reactive ketones (excluding diaryl/α,β-unsaturated/α-hetero) is 1. The summed E-state index contributed by atoms with van der Waals surface area (Å²) in [6.07, 6.45) is 3.89. The first-order chi connectivity index (χ1) is 11.6. The molecule has 1 saturated carbocycles. The van der Waals surface area contributed by atoms with Crippen LogP contribution in [0.3, 0.4) is 0 Å². The fourth-order valence-corrected chi connectivity index (χ4v) is 4.19. The minimum atomic E-state index is -0.227. The number of nitrogens with zero attached hydrogens (tertiary/aromatic N) is 5. The van der Waals surface area contributed by atoms with Gasteiger partial charge >= 0.3 is 0 Å². The van der Waals surface area contributed by atoms with Gasteiger partial charge in [-0.1, -0.05) is 23.1 Å². The van der Waals surface area contributed by atoms with Gasteiger partial charge < -0.3 is 4.98 Å². The number of aromatic nitrogens is 6. The summed E-state index contributed by atoms with van der Waals surface area (Å²) < 4.78 is 2.46. The highest BCUT2D eigenvalue weighted by atomic mass is 79.9. The summed E-state index contributed by atoms with van der Waals surface area (Å²) in [6, 6.07) is 0.340. The third kappa shape index (κ3) is 3.28. The molecule has 0 spiro atoms. The number of thioether (sulfide) groups is 1. The van der Waals surface area contributed by atoms with Crippen molar-refractivity contribution in [1.29, 1.82) is 0 Å². The van der Waals surface area contributed by atoms with Crippen molar-refractivity contribution in [3.8, 4) is 0 Å². The zero-order chi connectivity index (χ0) is 16.7. The fourth-order valence-electron chi connectivity index (χ4n) is 2.24. The molecule has 124 valence electrons. The maximum atomic E-state index is 12.1. The van der Waals surface area contributed by atoms with Crippen molar-refractivity contribution < 1.29 is 4.79 Å².